The van der Waals surface area contributed by atoms with Gasteiger partial charge in [0.25, 0.3) is 0 Å². The minimum atomic E-state index is -4.59. The molecule has 1 aromatic rings. The molecular formula is C13H17ClF3N3. The van der Waals surface area contributed by atoms with Crippen LogP contribution in [0.5, 0.6) is 0 Å². The van der Waals surface area contributed by atoms with Gasteiger partial charge in [0.15, 0.2) is 0 Å². The van der Waals surface area contributed by atoms with Crippen molar-refractivity contribution in [2.45, 2.75) is 51.7 Å². The summed E-state index contributed by atoms with van der Waals surface area (Å²) in [6.07, 6.45) is -0.589. The minimum absolute atomic E-state index is 0.116. The number of hydrogen-bond acceptors (Lipinski definition) is 3. The predicted molar refractivity (Wildman–Crippen MR) is 71.7 cm³/mol. The van der Waals surface area contributed by atoms with Crippen LogP contribution in [0, 0.1) is 5.41 Å². The quantitative estimate of drug-likeness (QED) is 0.816. The molecule has 2 rings (SSSR count). The standard InChI is InChI=1S/C13H17ClF3N3/c1-12(2)5-3-4-8(7-12)18-10-6-9(14)19-11(20-10)13(15,16)17/h6,8H,3-5,7H2,1-2H3,(H,18,19,20). The molecule has 1 saturated carbocycles. The summed E-state index contributed by atoms with van der Waals surface area (Å²) in [5.41, 5.74) is 0.194. The Bertz CT molecular complexity index is 488. The number of nitrogens with zero attached hydrogens (tertiary/aromatic N) is 2. The maximum atomic E-state index is 12.6. The number of aromatic nitrogens is 2. The second kappa shape index (κ2) is 5.39. The van der Waals surface area contributed by atoms with Crippen molar-refractivity contribution in [3.8, 4) is 0 Å². The molecule has 1 fully saturated rings. The lowest BCUT2D eigenvalue weighted by atomic mass is 9.75. The third kappa shape index (κ3) is 3.98. The Morgan fingerprint density at radius 2 is 2.05 bits per heavy atom. The summed E-state index contributed by atoms with van der Waals surface area (Å²) in [5, 5.41) is 2.85. The molecule has 20 heavy (non-hydrogen) atoms. The van der Waals surface area contributed by atoms with E-state index in [9.17, 15) is 13.2 Å². The van der Waals surface area contributed by atoms with Gasteiger partial charge in [-0.2, -0.15) is 13.2 Å². The van der Waals surface area contributed by atoms with E-state index in [2.05, 4.69) is 29.1 Å². The van der Waals surface area contributed by atoms with Gasteiger partial charge in [-0.25, -0.2) is 9.97 Å². The van der Waals surface area contributed by atoms with Crippen LogP contribution in [0.2, 0.25) is 5.15 Å². The van der Waals surface area contributed by atoms with Crippen LogP contribution >= 0.6 is 11.6 Å². The average Bonchev–Trinajstić information content (AvgIpc) is 2.25. The van der Waals surface area contributed by atoms with Crippen molar-refractivity contribution in [1.29, 1.82) is 0 Å². The smallest absolute Gasteiger partial charge is 0.367 e. The molecule has 1 N–H and O–H groups in total. The first-order valence-electron chi connectivity index (χ1n) is 6.54. The second-order valence-corrected chi connectivity index (χ2v) is 6.39. The first-order chi connectivity index (χ1) is 9.16. The third-order valence-electron chi connectivity index (χ3n) is 3.51. The van der Waals surface area contributed by atoms with Gasteiger partial charge in [0, 0.05) is 12.1 Å². The van der Waals surface area contributed by atoms with Gasteiger partial charge in [-0.05, 0) is 24.7 Å². The van der Waals surface area contributed by atoms with Crippen LogP contribution in [-0.2, 0) is 6.18 Å². The first-order valence-corrected chi connectivity index (χ1v) is 6.92. The number of rotatable bonds is 2. The monoisotopic (exact) mass is 307 g/mol. The molecule has 0 radical (unpaired) electrons. The van der Waals surface area contributed by atoms with E-state index in [-0.39, 0.29) is 22.4 Å². The van der Waals surface area contributed by atoms with Gasteiger partial charge >= 0.3 is 6.18 Å². The summed E-state index contributed by atoms with van der Waals surface area (Å²) >= 11 is 5.64. The number of hydrogen-bond donors (Lipinski definition) is 1. The molecule has 0 aliphatic heterocycles. The Morgan fingerprint density at radius 1 is 1.35 bits per heavy atom. The lowest BCUT2D eigenvalue weighted by molar-refractivity contribution is -0.144. The van der Waals surface area contributed by atoms with Gasteiger partial charge in [-0.1, -0.05) is 31.9 Å². The number of anilines is 1. The van der Waals surface area contributed by atoms with Crippen molar-refractivity contribution in [1.82, 2.24) is 9.97 Å². The van der Waals surface area contributed by atoms with Crippen LogP contribution in [0.15, 0.2) is 6.07 Å². The van der Waals surface area contributed by atoms with Gasteiger partial charge in [0.05, 0.1) is 0 Å². The fraction of sp³-hybridized carbons (Fsp3) is 0.692. The van der Waals surface area contributed by atoms with Crippen LogP contribution < -0.4 is 5.32 Å². The SMILES string of the molecule is CC1(C)CCCC(Nc2cc(Cl)nc(C(F)(F)F)n2)C1. The summed E-state index contributed by atoms with van der Waals surface area (Å²) in [6.45, 7) is 4.32. The fourth-order valence-electron chi connectivity index (χ4n) is 2.65. The highest BCUT2D eigenvalue weighted by atomic mass is 35.5. The molecule has 3 nitrogen and oxygen atoms in total. The minimum Gasteiger partial charge on any atom is -0.367 e. The average molecular weight is 308 g/mol. The van der Waals surface area contributed by atoms with E-state index in [1.807, 2.05) is 0 Å². The molecule has 0 spiro atoms. The summed E-state index contributed by atoms with van der Waals surface area (Å²) in [7, 11) is 0. The van der Waals surface area contributed by atoms with Gasteiger partial charge < -0.3 is 5.32 Å². The topological polar surface area (TPSA) is 37.8 Å². The van der Waals surface area contributed by atoms with Crippen molar-refractivity contribution < 1.29 is 13.2 Å². The molecule has 0 bridgehead atoms. The molecule has 0 aromatic carbocycles. The Kier molecular flexibility index (Phi) is 4.14. The Morgan fingerprint density at radius 3 is 2.65 bits per heavy atom. The molecular weight excluding hydrogens is 291 g/mol. The maximum absolute atomic E-state index is 12.6. The van der Waals surface area contributed by atoms with Crippen LogP contribution in [0.4, 0.5) is 19.0 Å². The van der Waals surface area contributed by atoms with Crippen molar-refractivity contribution >= 4 is 17.4 Å². The van der Waals surface area contributed by atoms with Gasteiger partial charge in [0.1, 0.15) is 11.0 Å². The highest BCUT2D eigenvalue weighted by Crippen LogP contribution is 2.36. The van der Waals surface area contributed by atoms with E-state index in [0.29, 0.717) is 0 Å². The Hall–Kier alpha value is -1.04. The zero-order chi connectivity index (χ0) is 15.0. The summed E-state index contributed by atoms with van der Waals surface area (Å²) in [5.74, 6) is -1.07. The summed E-state index contributed by atoms with van der Waals surface area (Å²) < 4.78 is 37.9. The normalized spacial score (nSPS) is 22.6. The van der Waals surface area contributed by atoms with Crippen LogP contribution in [0.1, 0.15) is 45.4 Å². The molecule has 112 valence electrons. The molecule has 1 unspecified atom stereocenters. The summed E-state index contributed by atoms with van der Waals surface area (Å²) in [6, 6.07) is 1.45. The summed E-state index contributed by atoms with van der Waals surface area (Å²) in [4.78, 5) is 6.73. The Labute approximate surface area is 120 Å². The highest BCUT2D eigenvalue weighted by molar-refractivity contribution is 6.29. The van der Waals surface area contributed by atoms with Crippen LogP contribution in [-0.4, -0.2) is 16.0 Å². The predicted octanol–water partition coefficient (Wildman–Crippen LogP) is 4.53. The molecule has 1 aromatic heterocycles. The molecule has 1 atom stereocenters. The fourth-order valence-corrected chi connectivity index (χ4v) is 2.83. The van der Waals surface area contributed by atoms with Gasteiger partial charge in [0.2, 0.25) is 5.82 Å². The second-order valence-electron chi connectivity index (χ2n) is 6.00. The lowest BCUT2D eigenvalue weighted by Crippen LogP contribution is -2.32. The zero-order valence-electron chi connectivity index (χ0n) is 11.4. The highest BCUT2D eigenvalue weighted by Gasteiger charge is 2.36. The van der Waals surface area contributed by atoms with E-state index in [1.165, 1.54) is 6.07 Å². The number of halogens is 4. The van der Waals surface area contributed by atoms with Gasteiger partial charge in [-0.15, -0.1) is 0 Å². The Balaban J connectivity index is 2.15. The zero-order valence-corrected chi connectivity index (χ0v) is 12.1. The van der Waals surface area contributed by atoms with Gasteiger partial charge in [-0.3, -0.25) is 0 Å². The molecule has 0 saturated heterocycles. The first kappa shape index (κ1) is 15.4. The lowest BCUT2D eigenvalue weighted by Gasteiger charge is -2.35. The van der Waals surface area contributed by atoms with Crippen molar-refractivity contribution in [2.24, 2.45) is 5.41 Å². The van der Waals surface area contributed by atoms with Crippen molar-refractivity contribution in [2.75, 3.05) is 5.32 Å². The van der Waals surface area contributed by atoms with Crippen LogP contribution in [0.25, 0.3) is 0 Å². The maximum Gasteiger partial charge on any atom is 0.451 e. The van der Waals surface area contributed by atoms with Crippen LogP contribution in [0.3, 0.4) is 0 Å². The molecule has 0 amide bonds. The van der Waals surface area contributed by atoms with E-state index in [4.69, 9.17) is 11.6 Å². The van der Waals surface area contributed by atoms with E-state index in [0.717, 1.165) is 25.7 Å². The van der Waals surface area contributed by atoms with E-state index < -0.39 is 12.0 Å². The largest absolute Gasteiger partial charge is 0.451 e. The number of alkyl halides is 3. The third-order valence-corrected chi connectivity index (χ3v) is 3.70. The van der Waals surface area contributed by atoms with E-state index >= 15 is 0 Å². The number of nitrogens with one attached hydrogen (secondary N) is 1. The van der Waals surface area contributed by atoms with E-state index in [1.54, 1.807) is 0 Å². The molecule has 1 aliphatic rings. The van der Waals surface area contributed by atoms with Crippen molar-refractivity contribution in [3.05, 3.63) is 17.0 Å². The van der Waals surface area contributed by atoms with Crippen molar-refractivity contribution in [3.63, 3.8) is 0 Å². The molecule has 1 aliphatic carbocycles. The molecule has 1 heterocycles. The molecule has 7 heteroatoms.